The summed E-state index contributed by atoms with van der Waals surface area (Å²) in [6, 6.07) is 2.99. The molecule has 2 aromatic rings. The van der Waals surface area contributed by atoms with E-state index >= 15 is 0 Å². The first-order valence-corrected chi connectivity index (χ1v) is 7.47. The molecule has 1 unspecified atom stereocenters. The van der Waals surface area contributed by atoms with Gasteiger partial charge in [-0.2, -0.15) is 9.61 Å². The quantitative estimate of drug-likeness (QED) is 0.923. The predicted octanol–water partition coefficient (Wildman–Crippen LogP) is 1.31. The molecule has 0 spiro atoms. The molecule has 0 aromatic carbocycles. The topological polar surface area (TPSA) is 79.6 Å². The smallest absolute Gasteiger partial charge is 0.248 e. The molecule has 3 heterocycles. The van der Waals surface area contributed by atoms with Crippen molar-refractivity contribution in [1.29, 1.82) is 0 Å². The number of carbonyl (C=O) groups excluding carboxylic acids is 2. The van der Waals surface area contributed by atoms with Crippen LogP contribution in [-0.2, 0) is 9.59 Å². The number of likely N-dealkylation sites (tertiary alicyclic amines) is 1. The maximum atomic E-state index is 12.7. The minimum atomic E-state index is -0.464. The Bertz CT molecular complexity index is 709. The fraction of sp³-hybridized carbons (Fsp3) is 0.467. The number of carbonyl (C=O) groups is 2. The van der Waals surface area contributed by atoms with Gasteiger partial charge in [-0.15, -0.1) is 0 Å². The van der Waals surface area contributed by atoms with Crippen molar-refractivity contribution >= 4 is 23.3 Å². The molecular formula is C15H19N5O2. The molecule has 7 nitrogen and oxygen atoms in total. The van der Waals surface area contributed by atoms with Crippen molar-refractivity contribution in [1.82, 2.24) is 19.5 Å². The Morgan fingerprint density at radius 3 is 2.82 bits per heavy atom. The average molecular weight is 301 g/mol. The molecule has 1 atom stereocenters. The van der Waals surface area contributed by atoms with E-state index in [1.807, 2.05) is 13.8 Å². The molecule has 2 aromatic heterocycles. The number of hydrogen-bond acceptors (Lipinski definition) is 4. The Morgan fingerprint density at radius 2 is 2.14 bits per heavy atom. The molecule has 1 fully saturated rings. The molecule has 1 N–H and O–H groups in total. The lowest BCUT2D eigenvalue weighted by Gasteiger charge is -2.29. The summed E-state index contributed by atoms with van der Waals surface area (Å²) in [5, 5.41) is 7.02. The Labute approximate surface area is 128 Å². The molecule has 1 aliphatic heterocycles. The highest BCUT2D eigenvalue weighted by Gasteiger charge is 2.35. The van der Waals surface area contributed by atoms with Crippen molar-refractivity contribution in [3.05, 3.63) is 24.5 Å². The van der Waals surface area contributed by atoms with Gasteiger partial charge in [0, 0.05) is 25.2 Å². The van der Waals surface area contributed by atoms with E-state index in [9.17, 15) is 9.59 Å². The van der Waals surface area contributed by atoms with Crippen LogP contribution in [0, 0.1) is 5.92 Å². The van der Waals surface area contributed by atoms with Crippen LogP contribution in [0.3, 0.4) is 0 Å². The van der Waals surface area contributed by atoms with E-state index in [-0.39, 0.29) is 17.7 Å². The minimum absolute atomic E-state index is 0.0389. The monoisotopic (exact) mass is 301 g/mol. The van der Waals surface area contributed by atoms with Crippen molar-refractivity contribution in [2.24, 2.45) is 5.92 Å². The number of hydrogen-bond donors (Lipinski definition) is 1. The summed E-state index contributed by atoms with van der Waals surface area (Å²) < 4.78 is 1.57. The molecule has 22 heavy (non-hydrogen) atoms. The first kappa shape index (κ1) is 14.5. The summed E-state index contributed by atoms with van der Waals surface area (Å²) in [5.74, 6) is 0.454. The molecule has 0 radical (unpaired) electrons. The van der Waals surface area contributed by atoms with Gasteiger partial charge in [-0.25, -0.2) is 4.98 Å². The molecule has 2 amide bonds. The SMILES string of the molecule is CC(C)C(C(=O)Nc1ccnc2ccnn12)N1CCCC1=O. The van der Waals surface area contributed by atoms with Crippen LogP contribution >= 0.6 is 0 Å². The second kappa shape index (κ2) is 5.75. The van der Waals surface area contributed by atoms with Crippen LogP contribution < -0.4 is 5.32 Å². The number of aromatic nitrogens is 3. The van der Waals surface area contributed by atoms with Crippen LogP contribution in [0.25, 0.3) is 5.65 Å². The van der Waals surface area contributed by atoms with Gasteiger partial charge in [-0.1, -0.05) is 13.8 Å². The number of nitrogens with zero attached hydrogens (tertiary/aromatic N) is 4. The maximum absolute atomic E-state index is 12.7. The third-order valence-electron chi connectivity index (χ3n) is 3.89. The highest BCUT2D eigenvalue weighted by molar-refractivity contribution is 5.97. The molecule has 3 rings (SSSR count). The predicted molar refractivity (Wildman–Crippen MR) is 81.2 cm³/mol. The normalized spacial score (nSPS) is 16.5. The Balaban J connectivity index is 1.85. The number of anilines is 1. The third-order valence-corrected chi connectivity index (χ3v) is 3.89. The van der Waals surface area contributed by atoms with Crippen molar-refractivity contribution in [2.45, 2.75) is 32.7 Å². The fourth-order valence-corrected chi connectivity index (χ4v) is 2.90. The molecular weight excluding hydrogens is 282 g/mol. The first-order chi connectivity index (χ1) is 10.6. The highest BCUT2D eigenvalue weighted by atomic mass is 16.2. The van der Waals surface area contributed by atoms with Crippen LogP contribution in [0.5, 0.6) is 0 Å². The molecule has 116 valence electrons. The number of rotatable bonds is 4. The molecule has 0 saturated carbocycles. The molecule has 1 aliphatic rings. The van der Waals surface area contributed by atoms with Crippen molar-refractivity contribution in [3.63, 3.8) is 0 Å². The number of fused-ring (bicyclic) bond motifs is 1. The van der Waals surface area contributed by atoms with Gasteiger partial charge in [-0.3, -0.25) is 9.59 Å². The van der Waals surface area contributed by atoms with Gasteiger partial charge >= 0.3 is 0 Å². The van der Waals surface area contributed by atoms with Crippen molar-refractivity contribution in [3.8, 4) is 0 Å². The average Bonchev–Trinajstić information content (AvgIpc) is 3.09. The van der Waals surface area contributed by atoms with Gasteiger partial charge in [0.15, 0.2) is 5.65 Å². The van der Waals surface area contributed by atoms with Crippen molar-refractivity contribution < 1.29 is 9.59 Å². The lowest BCUT2D eigenvalue weighted by molar-refractivity contribution is -0.136. The number of nitrogens with one attached hydrogen (secondary N) is 1. The molecule has 0 aliphatic carbocycles. The van der Waals surface area contributed by atoms with Crippen LogP contribution in [-0.4, -0.2) is 43.9 Å². The minimum Gasteiger partial charge on any atom is -0.330 e. The second-order valence-corrected chi connectivity index (χ2v) is 5.80. The zero-order valence-electron chi connectivity index (χ0n) is 12.7. The van der Waals surface area contributed by atoms with E-state index in [2.05, 4.69) is 15.4 Å². The van der Waals surface area contributed by atoms with Gasteiger partial charge in [-0.05, 0) is 18.4 Å². The summed E-state index contributed by atoms with van der Waals surface area (Å²) in [5.41, 5.74) is 0.663. The summed E-state index contributed by atoms with van der Waals surface area (Å²) in [7, 11) is 0. The highest BCUT2D eigenvalue weighted by Crippen LogP contribution is 2.20. The summed E-state index contributed by atoms with van der Waals surface area (Å²) >= 11 is 0. The summed E-state index contributed by atoms with van der Waals surface area (Å²) in [6.07, 6.45) is 4.59. The Hall–Kier alpha value is -2.44. The van der Waals surface area contributed by atoms with Crippen molar-refractivity contribution in [2.75, 3.05) is 11.9 Å². The zero-order valence-corrected chi connectivity index (χ0v) is 12.7. The van der Waals surface area contributed by atoms with E-state index in [1.54, 1.807) is 33.9 Å². The molecule has 1 saturated heterocycles. The lowest BCUT2D eigenvalue weighted by atomic mass is 10.0. The van der Waals surface area contributed by atoms with E-state index in [1.165, 1.54) is 0 Å². The Morgan fingerprint density at radius 1 is 1.32 bits per heavy atom. The van der Waals surface area contributed by atoms with Gasteiger partial charge in [0.2, 0.25) is 11.8 Å². The van der Waals surface area contributed by atoms with E-state index in [0.29, 0.717) is 24.4 Å². The molecule has 7 heteroatoms. The van der Waals surface area contributed by atoms with Crippen LogP contribution in [0.2, 0.25) is 0 Å². The lowest BCUT2D eigenvalue weighted by Crippen LogP contribution is -2.48. The van der Waals surface area contributed by atoms with E-state index < -0.39 is 6.04 Å². The van der Waals surface area contributed by atoms with Crippen LogP contribution in [0.1, 0.15) is 26.7 Å². The number of amides is 2. The standard InChI is InChI=1S/C15H19N5O2/c1-10(2)14(19-9-3-4-13(19)21)15(22)18-12-5-7-16-11-6-8-17-20(11)12/h5-8,10,14H,3-4,9H2,1-2H3,(H,18,22). The van der Waals surface area contributed by atoms with E-state index in [0.717, 1.165) is 6.42 Å². The Kier molecular flexibility index (Phi) is 3.79. The molecule has 0 bridgehead atoms. The summed E-state index contributed by atoms with van der Waals surface area (Å²) in [6.45, 7) is 4.54. The van der Waals surface area contributed by atoms with Gasteiger partial charge in [0.05, 0.1) is 6.20 Å². The zero-order chi connectivity index (χ0) is 15.7. The van der Waals surface area contributed by atoms with Crippen LogP contribution in [0.15, 0.2) is 24.5 Å². The second-order valence-electron chi connectivity index (χ2n) is 5.80. The van der Waals surface area contributed by atoms with Gasteiger partial charge in [0.25, 0.3) is 0 Å². The first-order valence-electron chi connectivity index (χ1n) is 7.47. The maximum Gasteiger partial charge on any atom is 0.248 e. The fourth-order valence-electron chi connectivity index (χ4n) is 2.90. The largest absolute Gasteiger partial charge is 0.330 e. The summed E-state index contributed by atoms with van der Waals surface area (Å²) in [4.78, 5) is 30.5. The third kappa shape index (κ3) is 2.54. The van der Waals surface area contributed by atoms with Gasteiger partial charge in [0.1, 0.15) is 11.9 Å². The van der Waals surface area contributed by atoms with E-state index in [4.69, 9.17) is 0 Å². The van der Waals surface area contributed by atoms with Crippen LogP contribution in [0.4, 0.5) is 5.82 Å². The van der Waals surface area contributed by atoms with Gasteiger partial charge < -0.3 is 10.2 Å².